The number of cyclic esters (lactones) is 1. The third-order valence-electron chi connectivity index (χ3n) is 20.4. The van der Waals surface area contributed by atoms with Gasteiger partial charge in [-0.25, -0.2) is 14.2 Å². The van der Waals surface area contributed by atoms with Gasteiger partial charge >= 0.3 is 12.1 Å². The van der Waals surface area contributed by atoms with Crippen molar-refractivity contribution in [1.82, 2.24) is 35.3 Å². The van der Waals surface area contributed by atoms with E-state index in [1.807, 2.05) is 0 Å². The second-order valence-electron chi connectivity index (χ2n) is 28.1. The lowest BCUT2D eigenvalue weighted by Crippen LogP contribution is -2.48. The third-order valence-corrected chi connectivity index (χ3v) is 20.4. The Kier molecular flexibility index (Phi) is 34.1. The fourth-order valence-corrected chi connectivity index (χ4v) is 14.2. The van der Waals surface area contributed by atoms with Gasteiger partial charge in [-0.3, -0.25) is 52.8 Å². The summed E-state index contributed by atoms with van der Waals surface area (Å²) in [5, 5.41) is 19.7. The standard InChI is InChI=1S/C79H101F4N7O23/c1-4-78(102)61-42-65-71-59(47-89(65)75(99)60(61)49-113-77(78)101)70-64(16-15-58-50(2)62(80)43-63(87-71)69(58)70)88(3)76(100)72(79(81,82)83)112-22-20-55(91)44-86-74(98)54(40-51-8-6-5-7-9-51)41-57(93)45-85-66(94)17-14-56(92)48-111-39-38-110-37-36-109-35-34-108-33-32-107-31-30-106-29-28-105-27-26-104-25-24-103-23-21-84-73(97)53-12-10-52(11-13-53)46-90-67(95)18-19-68(90)96/h5-9,18-19,42-43,52-54,64,72,102H,4,10-17,20-41,44-49H2,1-3H3,(H,84,97)(H,85,94)(H,86,98)/t52?,53?,54-,64-,72-,78-/m0/s1. The number of ketones is 3. The SMILES string of the molecule is CC[C@@]1(O)C(=O)OCc2c1cc1n(c2=O)Cc2c-1nc1cc(F)c(C)c3c1c2[C@@H](N(C)C(=O)[C@H](OCCC(=O)CNC(=O)[C@H](CC(=O)CNC(=O)CCC(=O)COCCOCCOCCOCCOCCOCCOCCOCCOCCNC(=O)C1CCC(CN2C(=O)C=CC2=O)CC1)Cc1ccccc1)C(F)(F)F)CC3. The first kappa shape index (κ1) is 88.3. The molecular weight excluding hydrogens is 1490 g/mol. The van der Waals surface area contributed by atoms with E-state index in [0.717, 1.165) is 30.6 Å². The summed E-state index contributed by atoms with van der Waals surface area (Å²) in [5.41, 5.74) is -0.198. The highest BCUT2D eigenvalue weighted by atomic mass is 19.4. The molecule has 1 fully saturated rings. The zero-order chi connectivity index (χ0) is 81.0. The number of halogens is 4. The molecule has 618 valence electrons. The number of rotatable bonds is 51. The predicted molar refractivity (Wildman–Crippen MR) is 394 cm³/mol. The number of pyridine rings is 2. The number of fused-ring (bicyclic) bond motifs is 5. The fraction of sp³-hybridized carbons (Fsp3) is 0.595. The molecule has 5 heterocycles. The van der Waals surface area contributed by atoms with Crippen molar-refractivity contribution < 1.29 is 123 Å². The van der Waals surface area contributed by atoms with Crippen molar-refractivity contribution in [1.29, 1.82) is 0 Å². The lowest BCUT2D eigenvalue weighted by Gasteiger charge is -2.37. The van der Waals surface area contributed by atoms with Crippen molar-refractivity contribution in [2.24, 2.45) is 17.8 Å². The monoisotopic (exact) mass is 1590 g/mol. The number of carbonyl (C=O) groups excluding carboxylic acids is 10. The zero-order valence-electron chi connectivity index (χ0n) is 64.0. The predicted octanol–water partition coefficient (Wildman–Crippen LogP) is 4.28. The highest BCUT2D eigenvalue weighted by Crippen LogP contribution is 2.48. The van der Waals surface area contributed by atoms with Gasteiger partial charge in [0.05, 0.1) is 167 Å². The number of aryl methyl sites for hydroxylation is 1. The molecule has 4 atom stereocenters. The minimum absolute atomic E-state index is 0.000179. The zero-order valence-corrected chi connectivity index (χ0v) is 64.0. The molecule has 0 spiro atoms. The molecule has 1 saturated carbocycles. The molecule has 4 aromatic rings. The van der Waals surface area contributed by atoms with Crippen LogP contribution in [0, 0.1) is 30.5 Å². The highest BCUT2D eigenvalue weighted by molar-refractivity contribution is 6.13. The first-order valence-corrected chi connectivity index (χ1v) is 38.3. The maximum Gasteiger partial charge on any atom is 0.423 e. The number of likely N-dealkylation sites (N-methyl/N-ethyl adjacent to an activating group) is 1. The summed E-state index contributed by atoms with van der Waals surface area (Å²) >= 11 is 0. The van der Waals surface area contributed by atoms with Crippen LogP contribution in [0.15, 0.2) is 59.4 Å². The second-order valence-corrected chi connectivity index (χ2v) is 28.1. The molecule has 5 aliphatic rings. The molecule has 2 aromatic heterocycles. The van der Waals surface area contributed by atoms with Crippen LogP contribution in [0.2, 0.25) is 0 Å². The number of imide groups is 1. The smallest absolute Gasteiger partial charge is 0.423 e. The molecule has 0 bridgehead atoms. The highest BCUT2D eigenvalue weighted by Gasteiger charge is 2.50. The maximum absolute atomic E-state index is 15.6. The molecule has 30 nitrogen and oxygen atoms in total. The van der Waals surface area contributed by atoms with E-state index in [2.05, 4.69) is 16.0 Å². The summed E-state index contributed by atoms with van der Waals surface area (Å²) < 4.78 is 122. The Hall–Kier alpha value is -8.68. The van der Waals surface area contributed by atoms with E-state index in [1.54, 1.807) is 37.3 Å². The van der Waals surface area contributed by atoms with Crippen LogP contribution in [0.3, 0.4) is 0 Å². The number of aliphatic hydroxyl groups is 1. The molecule has 9 rings (SSSR count). The van der Waals surface area contributed by atoms with Crippen LogP contribution in [0.1, 0.15) is 116 Å². The van der Waals surface area contributed by atoms with Crippen LogP contribution >= 0.6 is 0 Å². The second kappa shape index (κ2) is 43.7. The molecule has 0 radical (unpaired) electrons. The van der Waals surface area contributed by atoms with Crippen LogP contribution in [0.4, 0.5) is 17.6 Å². The van der Waals surface area contributed by atoms with E-state index < -0.39 is 109 Å². The normalized spacial score (nSPS) is 18.2. The summed E-state index contributed by atoms with van der Waals surface area (Å²) in [6.45, 7) is 6.81. The number of benzene rings is 2. The fourth-order valence-electron chi connectivity index (χ4n) is 14.2. The Morgan fingerprint density at radius 3 is 1.84 bits per heavy atom. The summed E-state index contributed by atoms with van der Waals surface area (Å²) in [7, 11) is 1.17. The number of carbonyl (C=O) groups is 10. The summed E-state index contributed by atoms with van der Waals surface area (Å²) in [4.78, 5) is 150. The van der Waals surface area contributed by atoms with Gasteiger partial charge in [-0.1, -0.05) is 37.3 Å². The van der Waals surface area contributed by atoms with Gasteiger partial charge in [0.15, 0.2) is 23.0 Å². The topological polar surface area (TPSA) is 370 Å². The van der Waals surface area contributed by atoms with Crippen LogP contribution in [-0.4, -0.2) is 254 Å². The van der Waals surface area contributed by atoms with E-state index in [1.165, 1.54) is 47.7 Å². The van der Waals surface area contributed by atoms with E-state index in [-0.39, 0.29) is 147 Å². The number of nitrogens with one attached hydrogen (secondary N) is 3. The van der Waals surface area contributed by atoms with E-state index in [4.69, 9.17) is 57.1 Å². The molecule has 113 heavy (non-hydrogen) atoms. The number of amides is 6. The van der Waals surface area contributed by atoms with Gasteiger partial charge in [-0.2, -0.15) is 13.2 Å². The molecule has 3 aliphatic heterocycles. The number of hydrogen-bond donors (Lipinski definition) is 4. The lowest BCUT2D eigenvalue weighted by molar-refractivity contribution is -0.224. The van der Waals surface area contributed by atoms with Gasteiger partial charge in [0.2, 0.25) is 23.8 Å². The van der Waals surface area contributed by atoms with E-state index in [0.29, 0.717) is 133 Å². The molecule has 0 saturated heterocycles. The third kappa shape index (κ3) is 24.9. The van der Waals surface area contributed by atoms with Crippen LogP contribution in [-0.2, 0) is 132 Å². The van der Waals surface area contributed by atoms with Crippen molar-refractivity contribution >= 4 is 69.7 Å². The summed E-state index contributed by atoms with van der Waals surface area (Å²) in [5.74, 6) is -7.57. The lowest BCUT2D eigenvalue weighted by atomic mass is 9.81. The van der Waals surface area contributed by atoms with Gasteiger partial charge in [0.25, 0.3) is 23.3 Å². The molecule has 34 heteroatoms. The number of esters is 1. The summed E-state index contributed by atoms with van der Waals surface area (Å²) in [6, 6.07) is 10.1. The quantitative estimate of drug-likeness (QED) is 0.0183. The number of Topliss-reactive ketones (excluding diaryl/α,β-unsaturated/α-hetero) is 3. The Morgan fingerprint density at radius 1 is 0.681 bits per heavy atom. The first-order chi connectivity index (χ1) is 54.4. The van der Waals surface area contributed by atoms with Gasteiger partial charge < -0.3 is 82.6 Å². The number of alkyl halides is 3. The Bertz CT molecular complexity index is 4060. The average Bonchev–Trinajstić information content (AvgIpc) is 1.59. The summed E-state index contributed by atoms with van der Waals surface area (Å²) in [6.07, 6.45) is -4.20. The van der Waals surface area contributed by atoms with Crippen LogP contribution in [0.5, 0.6) is 0 Å². The molecule has 6 amide bonds. The van der Waals surface area contributed by atoms with Crippen molar-refractivity contribution in [3.8, 4) is 11.4 Å². The van der Waals surface area contributed by atoms with E-state index in [9.17, 15) is 71.0 Å². The van der Waals surface area contributed by atoms with Crippen LogP contribution < -0.4 is 21.5 Å². The van der Waals surface area contributed by atoms with Crippen molar-refractivity contribution in [2.45, 2.75) is 128 Å². The van der Waals surface area contributed by atoms with Gasteiger partial charge in [-0.05, 0) is 92.5 Å². The molecule has 4 N–H and O–H groups in total. The van der Waals surface area contributed by atoms with Crippen molar-refractivity contribution in [2.75, 3.05) is 159 Å². The molecular formula is C79H101F4N7O23. The van der Waals surface area contributed by atoms with Gasteiger partial charge in [0.1, 0.15) is 19.0 Å². The van der Waals surface area contributed by atoms with Gasteiger partial charge in [0, 0.05) is 92.4 Å². The Labute approximate surface area is 650 Å². The molecule has 2 aromatic carbocycles. The maximum atomic E-state index is 15.6. The van der Waals surface area contributed by atoms with Crippen molar-refractivity contribution in [3.05, 3.63) is 110 Å². The number of nitrogens with zero attached hydrogens (tertiary/aromatic N) is 4. The molecule has 2 aliphatic carbocycles. The van der Waals surface area contributed by atoms with Crippen LogP contribution in [0.25, 0.3) is 22.3 Å². The number of ether oxygens (including phenoxy) is 11. The Balaban J connectivity index is 0.568. The first-order valence-electron chi connectivity index (χ1n) is 38.3. The minimum atomic E-state index is -5.29. The Morgan fingerprint density at radius 2 is 1.26 bits per heavy atom. The number of aromatic nitrogens is 2. The van der Waals surface area contributed by atoms with Gasteiger partial charge in [-0.15, -0.1) is 0 Å². The average molecular weight is 1590 g/mol. The largest absolute Gasteiger partial charge is 0.458 e. The number of hydrogen-bond acceptors (Lipinski definition) is 24. The van der Waals surface area contributed by atoms with Crippen molar-refractivity contribution in [3.63, 3.8) is 0 Å². The van der Waals surface area contributed by atoms with E-state index >= 15 is 4.39 Å². The molecule has 0 unspecified atom stereocenters. The minimum Gasteiger partial charge on any atom is -0.458 e.